The first-order valence-corrected chi connectivity index (χ1v) is 18.3. The molecule has 50 heavy (non-hydrogen) atoms. The molecule has 2 aromatic rings. The predicted octanol–water partition coefficient (Wildman–Crippen LogP) is 5.34. The zero-order valence-electron chi connectivity index (χ0n) is 29.9. The minimum absolute atomic E-state index is 0.00168. The van der Waals surface area contributed by atoms with Crippen molar-refractivity contribution in [1.82, 2.24) is 13.9 Å². The van der Waals surface area contributed by atoms with Gasteiger partial charge in [0.05, 0.1) is 29.9 Å². The number of unbranched alkanes of at least 4 members (excludes halogenated alkanes) is 2. The van der Waals surface area contributed by atoms with Crippen LogP contribution in [0.15, 0.2) is 64.2 Å². The number of para-hydroxylation sites is 1. The van der Waals surface area contributed by atoms with Crippen molar-refractivity contribution < 1.29 is 29.3 Å². The largest absolute Gasteiger partial charge is 0.459 e. The van der Waals surface area contributed by atoms with Crippen molar-refractivity contribution >= 4 is 12.1 Å². The molecule has 0 saturated carbocycles. The summed E-state index contributed by atoms with van der Waals surface area (Å²) in [6.45, 7) is 7.69. The molecule has 4 rings (SSSR count). The summed E-state index contributed by atoms with van der Waals surface area (Å²) in [5.74, 6) is -1.54. The van der Waals surface area contributed by atoms with Crippen LogP contribution in [0.5, 0.6) is 0 Å². The van der Waals surface area contributed by atoms with Crippen LogP contribution in [0, 0.1) is 17.8 Å². The van der Waals surface area contributed by atoms with E-state index in [1.807, 2.05) is 44.2 Å². The van der Waals surface area contributed by atoms with Gasteiger partial charge in [-0.05, 0) is 82.3 Å². The minimum Gasteiger partial charge on any atom is -0.459 e. The number of aliphatic hydroxyl groups is 2. The van der Waals surface area contributed by atoms with E-state index in [0.717, 1.165) is 19.3 Å². The third kappa shape index (κ3) is 9.87. The van der Waals surface area contributed by atoms with Crippen molar-refractivity contribution in [3.8, 4) is 5.69 Å². The highest BCUT2D eigenvalue weighted by atomic mass is 16.6. The second-order valence-electron chi connectivity index (χ2n) is 14.3. The number of aliphatic hydroxyl groups excluding tert-OH is 2. The Bertz CT molecular complexity index is 1580. The number of aromatic nitrogens is 3. The molecule has 12 nitrogen and oxygen atoms in total. The molecule has 0 aliphatic carbocycles. The molecule has 276 valence electrons. The number of allylic oxidation sites excluding steroid dienone is 3. The zero-order chi connectivity index (χ0) is 36.4. The van der Waals surface area contributed by atoms with Gasteiger partial charge in [0.15, 0.2) is 0 Å². The highest BCUT2D eigenvalue weighted by Gasteiger charge is 2.37. The number of hydrogen-bond donors (Lipinski definition) is 3. The van der Waals surface area contributed by atoms with Crippen LogP contribution in [0.2, 0.25) is 0 Å². The smallest absolute Gasteiger partial charge is 0.404 e. The van der Waals surface area contributed by atoms with Gasteiger partial charge in [-0.25, -0.2) is 28.3 Å². The van der Waals surface area contributed by atoms with Crippen molar-refractivity contribution in [3.63, 3.8) is 0 Å². The number of fused-ring (bicyclic) bond motifs is 1. The molecule has 1 aromatic carbocycles. The third-order valence-corrected chi connectivity index (χ3v) is 10.1. The molecule has 9 atom stereocenters. The van der Waals surface area contributed by atoms with Gasteiger partial charge in [0.1, 0.15) is 18.2 Å². The molecule has 4 N–H and O–H groups in total. The number of cyclic esters (lactones) is 1. The van der Waals surface area contributed by atoms with Crippen LogP contribution in [0.25, 0.3) is 5.69 Å². The zero-order valence-corrected chi connectivity index (χ0v) is 29.9. The molecule has 0 radical (unpaired) electrons. The molecule has 12 heteroatoms. The van der Waals surface area contributed by atoms with Gasteiger partial charge in [0.2, 0.25) is 0 Å². The Kier molecular flexibility index (Phi) is 14.3. The van der Waals surface area contributed by atoms with Gasteiger partial charge in [0, 0.05) is 0 Å². The topological polar surface area (TPSA) is 168 Å². The van der Waals surface area contributed by atoms with E-state index in [4.69, 9.17) is 15.2 Å². The van der Waals surface area contributed by atoms with E-state index in [-0.39, 0.29) is 24.3 Å². The van der Waals surface area contributed by atoms with Crippen LogP contribution >= 0.6 is 0 Å². The maximum absolute atomic E-state index is 14.2. The monoisotopic (exact) mass is 696 g/mol. The number of rotatable bonds is 7. The quantitative estimate of drug-likeness (QED) is 0.198. The molecular weight excluding hydrogens is 640 g/mol. The first kappa shape index (κ1) is 38.9. The highest BCUT2D eigenvalue weighted by Crippen LogP contribution is 2.32. The average molecular weight is 697 g/mol. The molecule has 0 bridgehead atoms. The normalized spacial score (nSPS) is 30.8. The highest BCUT2D eigenvalue weighted by molar-refractivity contribution is 5.73. The van der Waals surface area contributed by atoms with Gasteiger partial charge in [-0.3, -0.25) is 4.79 Å². The number of esters is 1. The molecule has 0 fully saturated rings. The minimum atomic E-state index is -1.03. The van der Waals surface area contributed by atoms with E-state index in [1.165, 1.54) is 13.9 Å². The lowest BCUT2D eigenvalue weighted by Gasteiger charge is -2.34. The number of ether oxygens (including phenoxy) is 2. The van der Waals surface area contributed by atoms with Gasteiger partial charge in [-0.2, -0.15) is 0 Å². The van der Waals surface area contributed by atoms with Crippen LogP contribution < -0.4 is 17.1 Å². The fourth-order valence-electron chi connectivity index (χ4n) is 7.08. The number of primary amides is 1. The molecule has 0 saturated heterocycles. The van der Waals surface area contributed by atoms with E-state index >= 15 is 0 Å². The van der Waals surface area contributed by atoms with E-state index < -0.39 is 59.8 Å². The fraction of sp³-hybridized carbons (Fsp3) is 0.632. The molecule has 1 amide bonds. The summed E-state index contributed by atoms with van der Waals surface area (Å²) in [6.07, 6.45) is 10.1. The number of carbonyl (C=O) groups is 2. The number of hydrogen-bond acceptors (Lipinski definition) is 8. The first-order chi connectivity index (χ1) is 23.9. The summed E-state index contributed by atoms with van der Waals surface area (Å²) < 4.78 is 15.6. The van der Waals surface area contributed by atoms with Crippen LogP contribution in [-0.2, 0) is 14.3 Å². The van der Waals surface area contributed by atoms with Crippen LogP contribution in [0.4, 0.5) is 4.79 Å². The lowest BCUT2D eigenvalue weighted by molar-refractivity contribution is -0.160. The molecule has 2 aliphatic heterocycles. The molecule has 1 unspecified atom stereocenters. The number of nitrogens with zero attached hydrogens (tertiary/aromatic N) is 3. The SMILES string of the molecule is CCCCC[C@H]1C=C[C@@H]([C@@H]2C[C@H](C)C/C=C/CC[C@H](O)C(OC(N)=O)CC[C@H](C)C[C@@H](O)[C@@H](C)C(=O)O2)n2c(=O)n(-c3ccccc3)c(=O)n21. The predicted molar refractivity (Wildman–Crippen MR) is 191 cm³/mol. The van der Waals surface area contributed by atoms with E-state index in [0.29, 0.717) is 50.6 Å². The first-order valence-electron chi connectivity index (χ1n) is 18.3. The van der Waals surface area contributed by atoms with E-state index in [9.17, 15) is 29.4 Å². The number of benzene rings is 1. The summed E-state index contributed by atoms with van der Waals surface area (Å²) in [5.41, 5.74) is 4.79. The molecule has 2 aliphatic rings. The van der Waals surface area contributed by atoms with Crippen molar-refractivity contribution in [1.29, 1.82) is 0 Å². The van der Waals surface area contributed by atoms with Crippen LogP contribution in [-0.4, -0.2) is 60.6 Å². The maximum Gasteiger partial charge on any atom is 0.404 e. The van der Waals surface area contributed by atoms with Crippen molar-refractivity contribution in [2.75, 3.05) is 0 Å². The van der Waals surface area contributed by atoms with Crippen LogP contribution in [0.3, 0.4) is 0 Å². The van der Waals surface area contributed by atoms with E-state index in [2.05, 4.69) is 6.92 Å². The second-order valence-corrected chi connectivity index (χ2v) is 14.3. The third-order valence-electron chi connectivity index (χ3n) is 10.1. The van der Waals surface area contributed by atoms with Crippen molar-refractivity contribution in [3.05, 3.63) is 75.6 Å². The Hall–Kier alpha value is -3.90. The molecular formula is C38H56N4O8. The molecule has 3 heterocycles. The summed E-state index contributed by atoms with van der Waals surface area (Å²) in [6, 6.07) is 7.76. The Morgan fingerprint density at radius 2 is 1.62 bits per heavy atom. The van der Waals surface area contributed by atoms with Crippen molar-refractivity contribution in [2.45, 2.75) is 135 Å². The Labute approximate surface area is 294 Å². The summed E-state index contributed by atoms with van der Waals surface area (Å²) in [4.78, 5) is 53.5. The van der Waals surface area contributed by atoms with E-state index in [1.54, 1.807) is 31.2 Å². The van der Waals surface area contributed by atoms with Gasteiger partial charge in [-0.15, -0.1) is 0 Å². The number of amides is 1. The van der Waals surface area contributed by atoms with Crippen LogP contribution in [0.1, 0.15) is 110 Å². The van der Waals surface area contributed by atoms with Crippen molar-refractivity contribution in [2.24, 2.45) is 23.5 Å². The standard InChI is InChI=1S/C38H56N4O8/c1-5-6-9-17-29-20-21-30(42-38(48)40(37(47)41(29)42)28-15-11-8-12-16-28)34-24-25(2)14-10-7-13-18-31(43)33(50-36(39)46)22-19-26(3)23-32(44)27(4)35(45)49-34/h7-8,10-12,15-16,20-21,25-27,29-34,43-44H,5-6,9,13-14,17-19,22-24H2,1-4H3,(H2,39,46)/b10-7+/t25-,26+,27-,29+,30+,31+,32-,33?,34+/m1/s1. The summed E-state index contributed by atoms with van der Waals surface area (Å²) >= 11 is 0. The molecule has 1 aromatic heterocycles. The Balaban J connectivity index is 1.69. The number of carbonyl (C=O) groups excluding carboxylic acids is 2. The Morgan fingerprint density at radius 3 is 2.32 bits per heavy atom. The summed E-state index contributed by atoms with van der Waals surface area (Å²) in [5, 5.41) is 21.9. The lowest BCUT2D eigenvalue weighted by atomic mass is 9.89. The maximum atomic E-state index is 14.2. The van der Waals surface area contributed by atoms with Gasteiger partial charge < -0.3 is 25.4 Å². The second kappa shape index (κ2) is 18.4. The lowest BCUT2D eigenvalue weighted by Crippen LogP contribution is -2.43. The van der Waals surface area contributed by atoms with Gasteiger partial charge >= 0.3 is 23.4 Å². The van der Waals surface area contributed by atoms with Gasteiger partial charge in [-0.1, -0.05) is 82.5 Å². The van der Waals surface area contributed by atoms with Gasteiger partial charge in [0.25, 0.3) is 0 Å². The number of nitrogens with two attached hydrogens (primary N) is 1. The fourth-order valence-corrected chi connectivity index (χ4v) is 7.08. The summed E-state index contributed by atoms with van der Waals surface area (Å²) in [7, 11) is 0. The Morgan fingerprint density at radius 1 is 0.900 bits per heavy atom. The average Bonchev–Trinajstić information content (AvgIpc) is 3.35. The molecule has 0 spiro atoms.